The summed E-state index contributed by atoms with van der Waals surface area (Å²) in [6.45, 7) is 9.86. The van der Waals surface area contributed by atoms with Crippen LogP contribution in [0.2, 0.25) is 0 Å². The van der Waals surface area contributed by atoms with Crippen molar-refractivity contribution in [3.05, 3.63) is 0 Å². The lowest BCUT2D eigenvalue weighted by atomic mass is 9.85. The molecule has 2 heteroatoms. The standard InChI is InChI=1S/C14H28N2/c1-12(2)14(16-8-3-4-9-16)11-15-10-13-6-5-7-13/h12-15H,3-11H2,1-2H3. The van der Waals surface area contributed by atoms with E-state index in [0.29, 0.717) is 0 Å². The molecule has 0 aromatic heterocycles. The lowest BCUT2D eigenvalue weighted by molar-refractivity contribution is 0.180. The molecule has 1 aliphatic heterocycles. The molecule has 0 spiro atoms. The van der Waals surface area contributed by atoms with Crippen molar-refractivity contribution in [2.75, 3.05) is 26.2 Å². The van der Waals surface area contributed by atoms with Gasteiger partial charge in [0.25, 0.3) is 0 Å². The highest BCUT2D eigenvalue weighted by molar-refractivity contribution is 4.81. The van der Waals surface area contributed by atoms with Gasteiger partial charge in [0, 0.05) is 12.6 Å². The highest BCUT2D eigenvalue weighted by atomic mass is 15.2. The van der Waals surface area contributed by atoms with Crippen LogP contribution in [0.25, 0.3) is 0 Å². The number of hydrogen-bond donors (Lipinski definition) is 1. The normalized spacial score (nSPS) is 24.9. The molecule has 2 rings (SSSR count). The molecule has 0 radical (unpaired) electrons. The van der Waals surface area contributed by atoms with Crippen LogP contribution in [0.5, 0.6) is 0 Å². The fourth-order valence-electron chi connectivity index (χ4n) is 2.99. The number of nitrogens with zero attached hydrogens (tertiary/aromatic N) is 1. The van der Waals surface area contributed by atoms with Crippen molar-refractivity contribution >= 4 is 0 Å². The van der Waals surface area contributed by atoms with Crippen molar-refractivity contribution in [2.45, 2.75) is 52.0 Å². The first-order valence-corrected chi connectivity index (χ1v) is 7.22. The van der Waals surface area contributed by atoms with E-state index in [0.717, 1.165) is 17.9 Å². The third-order valence-corrected chi connectivity index (χ3v) is 4.39. The van der Waals surface area contributed by atoms with Crippen molar-refractivity contribution in [3.8, 4) is 0 Å². The maximum Gasteiger partial charge on any atom is 0.0243 e. The van der Waals surface area contributed by atoms with E-state index in [2.05, 4.69) is 24.1 Å². The molecule has 0 amide bonds. The molecule has 1 heterocycles. The number of rotatable bonds is 6. The van der Waals surface area contributed by atoms with E-state index in [1.54, 1.807) is 0 Å². The molecule has 1 N–H and O–H groups in total. The van der Waals surface area contributed by atoms with Crippen LogP contribution in [0.4, 0.5) is 0 Å². The first kappa shape index (κ1) is 12.4. The molecule has 0 aromatic carbocycles. The van der Waals surface area contributed by atoms with Crippen molar-refractivity contribution in [2.24, 2.45) is 11.8 Å². The summed E-state index contributed by atoms with van der Waals surface area (Å²) in [5, 5.41) is 3.70. The molecule has 1 aliphatic carbocycles. The van der Waals surface area contributed by atoms with E-state index >= 15 is 0 Å². The molecule has 1 unspecified atom stereocenters. The third kappa shape index (κ3) is 3.21. The SMILES string of the molecule is CC(C)C(CNCC1CCC1)N1CCCC1. The van der Waals surface area contributed by atoms with Crippen molar-refractivity contribution in [1.82, 2.24) is 10.2 Å². The number of hydrogen-bond acceptors (Lipinski definition) is 2. The minimum Gasteiger partial charge on any atom is -0.315 e. The van der Waals surface area contributed by atoms with E-state index in [4.69, 9.17) is 0 Å². The summed E-state index contributed by atoms with van der Waals surface area (Å²) in [5.41, 5.74) is 0. The van der Waals surface area contributed by atoms with Gasteiger partial charge in [0.1, 0.15) is 0 Å². The fraction of sp³-hybridized carbons (Fsp3) is 1.00. The average molecular weight is 224 g/mol. The molecular formula is C14H28N2. The topological polar surface area (TPSA) is 15.3 Å². The fourth-order valence-corrected chi connectivity index (χ4v) is 2.99. The zero-order valence-corrected chi connectivity index (χ0v) is 11.0. The highest BCUT2D eigenvalue weighted by Crippen LogP contribution is 2.25. The van der Waals surface area contributed by atoms with Gasteiger partial charge in [0.05, 0.1) is 0 Å². The van der Waals surface area contributed by atoms with Gasteiger partial charge in [-0.3, -0.25) is 4.90 Å². The quantitative estimate of drug-likeness (QED) is 0.746. The Labute approximate surface area is 101 Å². The Kier molecular flexibility index (Phi) is 4.66. The summed E-state index contributed by atoms with van der Waals surface area (Å²) < 4.78 is 0. The third-order valence-electron chi connectivity index (χ3n) is 4.39. The van der Waals surface area contributed by atoms with Crippen LogP contribution in [0.1, 0.15) is 46.0 Å². The lowest BCUT2D eigenvalue weighted by Crippen LogP contribution is -2.45. The van der Waals surface area contributed by atoms with E-state index in [1.807, 2.05) is 0 Å². The van der Waals surface area contributed by atoms with Gasteiger partial charge in [-0.25, -0.2) is 0 Å². The maximum atomic E-state index is 3.70. The second-order valence-electron chi connectivity index (χ2n) is 6.01. The highest BCUT2D eigenvalue weighted by Gasteiger charge is 2.24. The number of nitrogens with one attached hydrogen (secondary N) is 1. The molecule has 2 nitrogen and oxygen atoms in total. The van der Waals surface area contributed by atoms with E-state index in [1.165, 1.54) is 58.3 Å². The van der Waals surface area contributed by atoms with E-state index in [-0.39, 0.29) is 0 Å². The van der Waals surface area contributed by atoms with Gasteiger partial charge in [-0.15, -0.1) is 0 Å². The Balaban J connectivity index is 1.68. The average Bonchev–Trinajstić information content (AvgIpc) is 2.67. The second-order valence-corrected chi connectivity index (χ2v) is 6.01. The largest absolute Gasteiger partial charge is 0.315 e. The van der Waals surface area contributed by atoms with Gasteiger partial charge >= 0.3 is 0 Å². The van der Waals surface area contributed by atoms with Gasteiger partial charge < -0.3 is 5.32 Å². The molecule has 94 valence electrons. The molecule has 16 heavy (non-hydrogen) atoms. The molecule has 1 saturated heterocycles. The van der Waals surface area contributed by atoms with Crippen molar-refractivity contribution in [1.29, 1.82) is 0 Å². The Morgan fingerprint density at radius 3 is 2.31 bits per heavy atom. The zero-order chi connectivity index (χ0) is 11.4. The summed E-state index contributed by atoms with van der Waals surface area (Å²) in [7, 11) is 0. The molecule has 1 saturated carbocycles. The van der Waals surface area contributed by atoms with Crippen molar-refractivity contribution in [3.63, 3.8) is 0 Å². The van der Waals surface area contributed by atoms with Crippen molar-refractivity contribution < 1.29 is 0 Å². The Bertz CT molecular complexity index is 193. The molecule has 2 aliphatic rings. The molecule has 0 bridgehead atoms. The number of likely N-dealkylation sites (tertiary alicyclic amines) is 1. The first-order chi connectivity index (χ1) is 7.77. The van der Waals surface area contributed by atoms with Crippen LogP contribution in [-0.2, 0) is 0 Å². The minimum absolute atomic E-state index is 0.766. The van der Waals surface area contributed by atoms with Crippen LogP contribution in [0, 0.1) is 11.8 Å². The summed E-state index contributed by atoms with van der Waals surface area (Å²) in [5.74, 6) is 1.78. The second kappa shape index (κ2) is 6.02. The van der Waals surface area contributed by atoms with Gasteiger partial charge in [-0.05, 0) is 57.2 Å². The summed E-state index contributed by atoms with van der Waals surface area (Å²) in [4.78, 5) is 2.69. The van der Waals surface area contributed by atoms with Gasteiger partial charge in [0.15, 0.2) is 0 Å². The molecule has 2 fully saturated rings. The summed E-state index contributed by atoms with van der Waals surface area (Å²) >= 11 is 0. The molecule has 0 aromatic rings. The predicted molar refractivity (Wildman–Crippen MR) is 69.6 cm³/mol. The Hall–Kier alpha value is -0.0800. The van der Waals surface area contributed by atoms with Gasteiger partial charge in [-0.2, -0.15) is 0 Å². The van der Waals surface area contributed by atoms with Crippen LogP contribution in [0.15, 0.2) is 0 Å². The van der Waals surface area contributed by atoms with Gasteiger partial charge in [0.2, 0.25) is 0 Å². The van der Waals surface area contributed by atoms with Crippen LogP contribution < -0.4 is 5.32 Å². The summed E-state index contributed by atoms with van der Waals surface area (Å²) in [6, 6.07) is 0.766. The van der Waals surface area contributed by atoms with E-state index in [9.17, 15) is 0 Å². The van der Waals surface area contributed by atoms with E-state index < -0.39 is 0 Å². The van der Waals surface area contributed by atoms with Crippen LogP contribution in [0.3, 0.4) is 0 Å². The smallest absolute Gasteiger partial charge is 0.0243 e. The molecule has 1 atom stereocenters. The molecular weight excluding hydrogens is 196 g/mol. The van der Waals surface area contributed by atoms with Gasteiger partial charge in [-0.1, -0.05) is 20.3 Å². The first-order valence-electron chi connectivity index (χ1n) is 7.22. The van der Waals surface area contributed by atoms with Crippen LogP contribution >= 0.6 is 0 Å². The predicted octanol–water partition coefficient (Wildman–Crippen LogP) is 2.50. The maximum absolute atomic E-state index is 3.70. The minimum atomic E-state index is 0.766. The van der Waals surface area contributed by atoms with Crippen LogP contribution in [-0.4, -0.2) is 37.1 Å². The summed E-state index contributed by atoms with van der Waals surface area (Å²) in [6.07, 6.45) is 7.20. The Morgan fingerprint density at radius 2 is 1.81 bits per heavy atom. The zero-order valence-electron chi connectivity index (χ0n) is 11.0. The Morgan fingerprint density at radius 1 is 1.12 bits per heavy atom. The lowest BCUT2D eigenvalue weighted by Gasteiger charge is -2.33. The monoisotopic (exact) mass is 224 g/mol.